The Labute approximate surface area is 116 Å². The van der Waals surface area contributed by atoms with Crippen LogP contribution in [0.5, 0.6) is 11.5 Å². The molecule has 0 aliphatic heterocycles. The summed E-state index contributed by atoms with van der Waals surface area (Å²) in [5.41, 5.74) is 0. The summed E-state index contributed by atoms with van der Waals surface area (Å²) in [6.07, 6.45) is -1.14. The van der Waals surface area contributed by atoms with Crippen molar-refractivity contribution in [1.82, 2.24) is 0 Å². The van der Waals surface area contributed by atoms with Gasteiger partial charge in [0.25, 0.3) is 0 Å². The summed E-state index contributed by atoms with van der Waals surface area (Å²) in [7, 11) is 0. The highest BCUT2D eigenvalue weighted by Gasteiger charge is 2.31. The molecule has 0 aliphatic rings. The maximum atomic E-state index is 12.0. The lowest BCUT2D eigenvalue weighted by molar-refractivity contribution is -0.274. The van der Waals surface area contributed by atoms with E-state index in [1.165, 1.54) is 18.2 Å². The van der Waals surface area contributed by atoms with Crippen LogP contribution in [0.4, 0.5) is 13.2 Å². The van der Waals surface area contributed by atoms with Crippen LogP contribution in [0.2, 0.25) is 0 Å². The predicted octanol–water partition coefficient (Wildman–Crippen LogP) is 4.21. The third-order valence-corrected chi connectivity index (χ3v) is 2.58. The molecule has 7 heteroatoms. The van der Waals surface area contributed by atoms with Crippen molar-refractivity contribution in [3.05, 3.63) is 34.8 Å². The van der Waals surface area contributed by atoms with Crippen molar-refractivity contribution in [1.29, 1.82) is 0 Å². The van der Waals surface area contributed by atoms with Gasteiger partial charge in [-0.15, -0.1) is 13.2 Å². The van der Waals surface area contributed by atoms with Crippen LogP contribution in [0.25, 0.3) is 0 Å². The second-order valence-corrected chi connectivity index (χ2v) is 4.32. The summed E-state index contributed by atoms with van der Waals surface area (Å²) in [5.74, 6) is 0.742. The maximum Gasteiger partial charge on any atom is 0.573 e. The van der Waals surface area contributed by atoms with Gasteiger partial charge in [0.1, 0.15) is 18.1 Å². The highest BCUT2D eigenvalue weighted by Crippen LogP contribution is 2.33. The summed E-state index contributed by atoms with van der Waals surface area (Å²) < 4.78 is 45.3. The molecule has 0 N–H and O–H groups in total. The van der Waals surface area contributed by atoms with Gasteiger partial charge in [-0.05, 0) is 34.1 Å². The number of hydrogen-bond donors (Lipinski definition) is 1. The van der Waals surface area contributed by atoms with E-state index in [1.807, 2.05) is 0 Å². The molecule has 0 amide bonds. The Balaban J connectivity index is 2.64. The lowest BCUT2D eigenvalue weighted by Crippen LogP contribution is -2.17. The zero-order valence-electron chi connectivity index (χ0n) is 9.08. The number of hydrogen-bond acceptors (Lipinski definition) is 3. The molecule has 0 bridgehead atoms. The molecule has 0 saturated carbocycles. The third kappa shape index (κ3) is 5.68. The minimum Gasteiger partial charge on any atom is -0.490 e. The minimum atomic E-state index is -4.71. The Hall–Kier alpha value is -0.820. The van der Waals surface area contributed by atoms with Crippen LogP contribution in [0.1, 0.15) is 0 Å². The average Bonchev–Trinajstić information content (AvgIpc) is 2.26. The fourth-order valence-electron chi connectivity index (χ4n) is 1.07. The van der Waals surface area contributed by atoms with E-state index in [1.54, 1.807) is 12.2 Å². The van der Waals surface area contributed by atoms with Gasteiger partial charge in [0.05, 0.1) is 4.47 Å². The fourth-order valence-corrected chi connectivity index (χ4v) is 1.65. The Morgan fingerprint density at radius 2 is 2.00 bits per heavy atom. The zero-order chi connectivity index (χ0) is 13.6. The van der Waals surface area contributed by atoms with Crippen LogP contribution >= 0.6 is 28.6 Å². The molecule has 0 aromatic heterocycles. The third-order valence-electron chi connectivity index (χ3n) is 1.75. The molecular weight excluding hydrogens is 333 g/mol. The highest BCUT2D eigenvalue weighted by molar-refractivity contribution is 9.10. The molecule has 0 saturated heterocycles. The van der Waals surface area contributed by atoms with E-state index >= 15 is 0 Å². The SMILES string of the molecule is FC(F)(F)Oc1ccc(OC/C=C/CS)cc1Br. The van der Waals surface area contributed by atoms with E-state index in [2.05, 4.69) is 33.3 Å². The van der Waals surface area contributed by atoms with Gasteiger partial charge in [0, 0.05) is 5.75 Å². The fraction of sp³-hybridized carbons (Fsp3) is 0.273. The van der Waals surface area contributed by atoms with Crippen molar-refractivity contribution in [3.8, 4) is 11.5 Å². The van der Waals surface area contributed by atoms with Crippen LogP contribution in [0.15, 0.2) is 34.8 Å². The van der Waals surface area contributed by atoms with Crippen LogP contribution in [0.3, 0.4) is 0 Å². The van der Waals surface area contributed by atoms with Crippen molar-refractivity contribution >= 4 is 28.6 Å². The molecule has 0 spiro atoms. The van der Waals surface area contributed by atoms with Crippen LogP contribution in [-0.4, -0.2) is 18.7 Å². The van der Waals surface area contributed by atoms with Crippen molar-refractivity contribution in [2.45, 2.75) is 6.36 Å². The lowest BCUT2D eigenvalue weighted by atomic mass is 10.3. The summed E-state index contributed by atoms with van der Waals surface area (Å²) >= 11 is 6.96. The smallest absolute Gasteiger partial charge is 0.490 e. The second kappa shape index (κ2) is 6.94. The van der Waals surface area contributed by atoms with Crippen LogP contribution < -0.4 is 9.47 Å². The lowest BCUT2D eigenvalue weighted by Gasteiger charge is -2.11. The Morgan fingerprint density at radius 3 is 2.56 bits per heavy atom. The standard InChI is InChI=1S/C11H10BrF3O2S/c12-9-7-8(16-5-1-2-6-18)3-4-10(9)17-11(13,14)15/h1-4,7,18H,5-6H2/b2-1+. The van der Waals surface area contributed by atoms with E-state index in [9.17, 15) is 13.2 Å². The number of rotatable bonds is 5. The van der Waals surface area contributed by atoms with Gasteiger partial charge in [-0.1, -0.05) is 12.2 Å². The molecule has 0 heterocycles. The van der Waals surface area contributed by atoms with E-state index in [0.29, 0.717) is 18.1 Å². The largest absolute Gasteiger partial charge is 0.573 e. The van der Waals surface area contributed by atoms with Crippen LogP contribution in [-0.2, 0) is 0 Å². The Morgan fingerprint density at radius 1 is 1.28 bits per heavy atom. The second-order valence-electron chi connectivity index (χ2n) is 3.11. The van der Waals surface area contributed by atoms with Crippen molar-refractivity contribution < 1.29 is 22.6 Å². The van der Waals surface area contributed by atoms with Gasteiger partial charge in [0.15, 0.2) is 0 Å². The zero-order valence-corrected chi connectivity index (χ0v) is 11.6. The topological polar surface area (TPSA) is 18.5 Å². The molecular formula is C11H10BrF3O2S. The van der Waals surface area contributed by atoms with E-state index < -0.39 is 6.36 Å². The van der Waals surface area contributed by atoms with Gasteiger partial charge in [-0.2, -0.15) is 12.6 Å². The molecule has 1 aromatic rings. The molecule has 0 atom stereocenters. The van der Waals surface area contributed by atoms with Gasteiger partial charge in [-0.25, -0.2) is 0 Å². The Bertz CT molecular complexity index is 421. The summed E-state index contributed by atoms with van der Waals surface area (Å²) in [5, 5.41) is 0. The summed E-state index contributed by atoms with van der Waals surface area (Å²) in [4.78, 5) is 0. The number of alkyl halides is 3. The first-order valence-corrected chi connectivity index (χ1v) is 6.29. The summed E-state index contributed by atoms with van der Waals surface area (Å²) in [6.45, 7) is 0.326. The number of halogens is 4. The minimum absolute atomic E-state index is 0.176. The van der Waals surface area contributed by atoms with Crippen molar-refractivity contribution in [2.75, 3.05) is 12.4 Å². The highest BCUT2D eigenvalue weighted by atomic mass is 79.9. The molecule has 0 aliphatic carbocycles. The van der Waals surface area contributed by atoms with Gasteiger partial charge >= 0.3 is 6.36 Å². The first-order valence-electron chi connectivity index (χ1n) is 4.86. The molecule has 100 valence electrons. The van der Waals surface area contributed by atoms with E-state index in [-0.39, 0.29) is 10.2 Å². The normalized spacial score (nSPS) is 11.8. The maximum absolute atomic E-state index is 12.0. The summed E-state index contributed by atoms with van der Waals surface area (Å²) in [6, 6.07) is 4.01. The number of ether oxygens (including phenoxy) is 2. The first-order chi connectivity index (χ1) is 8.42. The molecule has 0 fully saturated rings. The quantitative estimate of drug-likeness (QED) is 0.638. The molecule has 0 radical (unpaired) electrons. The monoisotopic (exact) mass is 342 g/mol. The average molecular weight is 343 g/mol. The molecule has 1 rings (SSSR count). The first kappa shape index (κ1) is 15.2. The van der Waals surface area contributed by atoms with E-state index in [4.69, 9.17) is 4.74 Å². The van der Waals surface area contributed by atoms with Crippen molar-refractivity contribution in [3.63, 3.8) is 0 Å². The molecule has 2 nitrogen and oxygen atoms in total. The predicted molar refractivity (Wildman–Crippen MR) is 69.3 cm³/mol. The number of benzene rings is 1. The number of thiol groups is 1. The Kier molecular flexibility index (Phi) is 5.87. The molecule has 18 heavy (non-hydrogen) atoms. The molecule has 1 aromatic carbocycles. The van der Waals surface area contributed by atoms with Crippen molar-refractivity contribution in [2.24, 2.45) is 0 Å². The van der Waals surface area contributed by atoms with Gasteiger partial charge in [-0.3, -0.25) is 0 Å². The van der Waals surface area contributed by atoms with Crippen LogP contribution in [0, 0.1) is 0 Å². The van der Waals surface area contributed by atoms with E-state index in [0.717, 1.165) is 0 Å². The van der Waals surface area contributed by atoms with Gasteiger partial charge < -0.3 is 9.47 Å². The van der Waals surface area contributed by atoms with Gasteiger partial charge in [0.2, 0.25) is 0 Å². The molecule has 0 unspecified atom stereocenters.